The molecule has 8 heteroatoms. The summed E-state index contributed by atoms with van der Waals surface area (Å²) in [6, 6.07) is 29.8. The van der Waals surface area contributed by atoms with Gasteiger partial charge in [0, 0.05) is 18.9 Å². The van der Waals surface area contributed by atoms with Crippen molar-refractivity contribution in [3.63, 3.8) is 0 Å². The Balaban J connectivity index is 1.23. The minimum Gasteiger partial charge on any atom is -0.462 e. The zero-order chi connectivity index (χ0) is 31.1. The second-order valence-corrected chi connectivity index (χ2v) is 12.4. The SMILES string of the molecule is CC(C)(C)OC(=O)ON1CCC(c2ccc(CCOC(=O)c3ccccc3Cl)cc2)C(OCc2ccc3ccccc3c2)C1. The van der Waals surface area contributed by atoms with Crippen LogP contribution >= 0.6 is 11.6 Å². The molecule has 0 amide bonds. The van der Waals surface area contributed by atoms with Crippen LogP contribution in [0.2, 0.25) is 5.02 Å². The normalized spacial score (nSPS) is 17.3. The zero-order valence-electron chi connectivity index (χ0n) is 25.3. The van der Waals surface area contributed by atoms with E-state index in [1.165, 1.54) is 5.39 Å². The van der Waals surface area contributed by atoms with Crippen LogP contribution in [0, 0.1) is 0 Å². The Morgan fingerprint density at radius 3 is 2.34 bits per heavy atom. The largest absolute Gasteiger partial charge is 0.528 e. The van der Waals surface area contributed by atoms with Gasteiger partial charge in [-0.2, -0.15) is 0 Å². The van der Waals surface area contributed by atoms with Crippen molar-refractivity contribution < 1.29 is 28.6 Å². The molecule has 0 bridgehead atoms. The van der Waals surface area contributed by atoms with Crippen LogP contribution < -0.4 is 0 Å². The number of hydrogen-bond acceptors (Lipinski definition) is 7. The van der Waals surface area contributed by atoms with Crippen LogP contribution in [0.4, 0.5) is 4.79 Å². The highest BCUT2D eigenvalue weighted by molar-refractivity contribution is 6.33. The van der Waals surface area contributed by atoms with Crippen molar-refractivity contribution in [3.8, 4) is 0 Å². The van der Waals surface area contributed by atoms with Gasteiger partial charge >= 0.3 is 12.1 Å². The highest BCUT2D eigenvalue weighted by Gasteiger charge is 2.34. The van der Waals surface area contributed by atoms with Gasteiger partial charge in [-0.1, -0.05) is 84.4 Å². The smallest absolute Gasteiger partial charge is 0.462 e. The van der Waals surface area contributed by atoms with Crippen molar-refractivity contribution in [3.05, 3.63) is 118 Å². The fourth-order valence-electron chi connectivity index (χ4n) is 5.32. The molecule has 0 saturated carbocycles. The van der Waals surface area contributed by atoms with E-state index in [4.69, 9.17) is 30.6 Å². The number of nitrogens with zero attached hydrogens (tertiary/aromatic N) is 1. The Morgan fingerprint density at radius 2 is 1.59 bits per heavy atom. The minimum atomic E-state index is -0.719. The van der Waals surface area contributed by atoms with Crippen molar-refractivity contribution in [2.75, 3.05) is 19.7 Å². The first-order valence-electron chi connectivity index (χ1n) is 14.9. The maximum absolute atomic E-state index is 12.4. The highest BCUT2D eigenvalue weighted by Crippen LogP contribution is 2.32. The van der Waals surface area contributed by atoms with E-state index in [-0.39, 0.29) is 18.6 Å². The van der Waals surface area contributed by atoms with Crippen molar-refractivity contribution in [2.24, 2.45) is 0 Å². The maximum Gasteiger partial charge on any atom is 0.528 e. The molecule has 4 aromatic rings. The van der Waals surface area contributed by atoms with Gasteiger partial charge in [-0.05, 0) is 72.9 Å². The molecule has 0 aromatic heterocycles. The Hall–Kier alpha value is -3.91. The summed E-state index contributed by atoms with van der Waals surface area (Å²) in [6.45, 7) is 7.08. The average molecular weight is 616 g/mol. The topological polar surface area (TPSA) is 74.3 Å². The van der Waals surface area contributed by atoms with Crippen molar-refractivity contribution in [2.45, 2.75) is 57.8 Å². The summed E-state index contributed by atoms with van der Waals surface area (Å²) in [5.74, 6) is -0.333. The second kappa shape index (κ2) is 14.2. The molecular formula is C36H38ClNO6. The van der Waals surface area contributed by atoms with E-state index in [2.05, 4.69) is 54.6 Å². The molecule has 2 atom stereocenters. The Bertz CT molecular complexity index is 1580. The summed E-state index contributed by atoms with van der Waals surface area (Å²) in [7, 11) is 0. The van der Waals surface area contributed by atoms with Gasteiger partial charge in [0.2, 0.25) is 0 Å². The van der Waals surface area contributed by atoms with Crippen LogP contribution in [0.15, 0.2) is 91.0 Å². The van der Waals surface area contributed by atoms with E-state index >= 15 is 0 Å². The molecule has 1 heterocycles. The number of hydrogen-bond donors (Lipinski definition) is 0. The summed E-state index contributed by atoms with van der Waals surface area (Å²) in [6.07, 6.45) is 0.379. The molecule has 0 N–H and O–H groups in total. The van der Waals surface area contributed by atoms with Crippen molar-refractivity contribution >= 4 is 34.5 Å². The molecule has 5 rings (SSSR count). The second-order valence-electron chi connectivity index (χ2n) is 12.0. The number of hydroxylamine groups is 2. The highest BCUT2D eigenvalue weighted by atomic mass is 35.5. The number of halogens is 1. The Kier molecular flexibility index (Phi) is 10.2. The van der Waals surface area contributed by atoms with E-state index in [1.54, 1.807) is 29.3 Å². The lowest BCUT2D eigenvalue weighted by Gasteiger charge is -2.37. The minimum absolute atomic E-state index is 0.0982. The van der Waals surface area contributed by atoms with Crippen LogP contribution in [0.5, 0.6) is 0 Å². The third kappa shape index (κ3) is 8.59. The number of benzene rings is 4. The van der Waals surface area contributed by atoms with Gasteiger partial charge in [0.25, 0.3) is 0 Å². The summed E-state index contributed by atoms with van der Waals surface area (Å²) >= 11 is 6.11. The van der Waals surface area contributed by atoms with E-state index in [0.717, 1.165) is 28.5 Å². The van der Waals surface area contributed by atoms with E-state index < -0.39 is 17.7 Å². The van der Waals surface area contributed by atoms with Crippen LogP contribution in [0.25, 0.3) is 10.8 Å². The molecule has 1 aliphatic rings. The molecule has 230 valence electrons. The summed E-state index contributed by atoms with van der Waals surface area (Å²) in [5.41, 5.74) is 2.99. The number of esters is 1. The molecular weight excluding hydrogens is 578 g/mol. The Morgan fingerprint density at radius 1 is 0.886 bits per heavy atom. The number of carbonyl (C=O) groups excluding carboxylic acids is 2. The van der Waals surface area contributed by atoms with Gasteiger partial charge in [-0.25, -0.2) is 9.59 Å². The third-order valence-electron chi connectivity index (χ3n) is 7.52. The molecule has 4 aromatic carbocycles. The van der Waals surface area contributed by atoms with E-state index in [0.29, 0.717) is 36.7 Å². The molecule has 1 aliphatic heterocycles. The first kappa shape index (κ1) is 31.5. The van der Waals surface area contributed by atoms with Crippen LogP contribution in [0.3, 0.4) is 0 Å². The fourth-order valence-corrected chi connectivity index (χ4v) is 5.54. The van der Waals surface area contributed by atoms with Crippen LogP contribution in [0.1, 0.15) is 60.2 Å². The van der Waals surface area contributed by atoms with E-state index in [9.17, 15) is 9.59 Å². The summed E-state index contributed by atoms with van der Waals surface area (Å²) < 4.78 is 17.3. The van der Waals surface area contributed by atoms with Crippen molar-refractivity contribution in [1.82, 2.24) is 5.06 Å². The standard InChI is InChI=1S/C36H38ClNO6/c1-36(2,3)43-35(40)44-38-20-18-30(33(23-38)42-24-26-14-15-27-8-4-5-9-29(27)22-26)28-16-12-25(13-17-28)19-21-41-34(39)31-10-6-7-11-32(31)37/h4-17,22,30,33H,18-21,23-24H2,1-3H3. The number of rotatable bonds is 9. The average Bonchev–Trinajstić information content (AvgIpc) is 2.99. The van der Waals surface area contributed by atoms with Gasteiger partial charge in [0.15, 0.2) is 0 Å². The first-order chi connectivity index (χ1) is 21.1. The summed E-state index contributed by atoms with van der Waals surface area (Å²) in [5, 5.41) is 4.36. The predicted octanol–water partition coefficient (Wildman–Crippen LogP) is 8.13. The number of piperidine rings is 1. The molecule has 1 saturated heterocycles. The molecule has 7 nitrogen and oxygen atoms in total. The monoisotopic (exact) mass is 615 g/mol. The van der Waals surface area contributed by atoms with Gasteiger partial charge in [0.05, 0.1) is 36.4 Å². The van der Waals surface area contributed by atoms with Gasteiger partial charge in [-0.15, -0.1) is 5.06 Å². The first-order valence-corrected chi connectivity index (χ1v) is 15.3. The summed E-state index contributed by atoms with van der Waals surface area (Å²) in [4.78, 5) is 30.3. The fraction of sp³-hybridized carbons (Fsp3) is 0.333. The van der Waals surface area contributed by atoms with Crippen LogP contribution in [-0.4, -0.2) is 48.6 Å². The lowest BCUT2D eigenvalue weighted by atomic mass is 9.87. The predicted molar refractivity (Wildman–Crippen MR) is 171 cm³/mol. The molecule has 0 aliphatic carbocycles. The van der Waals surface area contributed by atoms with Gasteiger partial charge in [-0.3, -0.25) is 0 Å². The number of fused-ring (bicyclic) bond motifs is 1. The number of ether oxygens (including phenoxy) is 3. The van der Waals surface area contributed by atoms with Crippen molar-refractivity contribution in [1.29, 1.82) is 0 Å². The molecule has 1 fully saturated rings. The zero-order valence-corrected chi connectivity index (χ0v) is 26.1. The van der Waals surface area contributed by atoms with Gasteiger partial charge in [0.1, 0.15) is 5.60 Å². The maximum atomic E-state index is 12.4. The quantitative estimate of drug-likeness (QED) is 0.176. The van der Waals surface area contributed by atoms with Gasteiger partial charge < -0.3 is 19.0 Å². The molecule has 0 spiro atoms. The third-order valence-corrected chi connectivity index (χ3v) is 7.85. The number of carbonyl (C=O) groups is 2. The Labute approximate surface area is 263 Å². The lowest BCUT2D eigenvalue weighted by Crippen LogP contribution is -2.45. The van der Waals surface area contributed by atoms with Crippen LogP contribution in [-0.2, 0) is 32.1 Å². The molecule has 2 unspecified atom stereocenters. The van der Waals surface area contributed by atoms with E-state index in [1.807, 2.05) is 32.9 Å². The molecule has 0 radical (unpaired) electrons. The molecule has 44 heavy (non-hydrogen) atoms. The lowest BCUT2D eigenvalue weighted by molar-refractivity contribution is -0.179.